The molecule has 1 unspecified atom stereocenters. The summed E-state index contributed by atoms with van der Waals surface area (Å²) in [5.74, 6) is -1.91. The van der Waals surface area contributed by atoms with Gasteiger partial charge in [-0.3, -0.25) is 4.79 Å². The number of hydrogen-bond donors (Lipinski definition) is 1. The monoisotopic (exact) mass is 286 g/mol. The normalized spacial score (nSPS) is 18.8. The first-order chi connectivity index (χ1) is 9.34. The summed E-state index contributed by atoms with van der Waals surface area (Å²) in [5, 5.41) is 0. The Morgan fingerprint density at radius 1 is 1.45 bits per heavy atom. The van der Waals surface area contributed by atoms with Crippen molar-refractivity contribution >= 4 is 11.6 Å². The van der Waals surface area contributed by atoms with Crippen LogP contribution in [0.15, 0.2) is 18.2 Å². The number of fused-ring (bicyclic) bond motifs is 1. The number of hydrogen-bond acceptors (Lipinski definition) is 2. The van der Waals surface area contributed by atoms with Crippen LogP contribution < -0.4 is 5.73 Å². The number of carbonyl (C=O) groups is 1. The van der Waals surface area contributed by atoms with Crippen LogP contribution in [0.4, 0.5) is 18.9 Å². The van der Waals surface area contributed by atoms with Crippen molar-refractivity contribution in [3.8, 4) is 0 Å². The average Bonchev–Trinajstić information content (AvgIpc) is 2.37. The molecule has 1 amide bonds. The number of benzene rings is 1. The third-order valence-corrected chi connectivity index (χ3v) is 3.59. The molecule has 6 heteroatoms. The maximum Gasteiger partial charge on any atom is 0.397 e. The predicted octanol–water partition coefficient (Wildman–Crippen LogP) is 3.06. The van der Waals surface area contributed by atoms with E-state index in [1.165, 1.54) is 17.0 Å². The molecule has 0 bridgehead atoms. The zero-order valence-electron chi connectivity index (χ0n) is 11.2. The Bertz CT molecular complexity index is 514. The van der Waals surface area contributed by atoms with Crippen molar-refractivity contribution < 1.29 is 18.0 Å². The van der Waals surface area contributed by atoms with Crippen LogP contribution in [-0.4, -0.2) is 23.5 Å². The Morgan fingerprint density at radius 2 is 2.15 bits per heavy atom. The second-order valence-electron chi connectivity index (χ2n) is 5.03. The Labute approximate surface area is 115 Å². The lowest BCUT2D eigenvalue weighted by molar-refractivity contribution is -0.161. The average molecular weight is 286 g/mol. The molecule has 0 saturated carbocycles. The van der Waals surface area contributed by atoms with Crippen LogP contribution in [0.3, 0.4) is 0 Å². The molecular weight excluding hydrogens is 269 g/mol. The smallest absolute Gasteiger partial charge is 0.397 e. The largest absolute Gasteiger partial charge is 0.398 e. The third kappa shape index (κ3) is 2.73. The molecule has 0 aromatic heterocycles. The van der Waals surface area contributed by atoms with E-state index in [-0.39, 0.29) is 31.0 Å². The van der Waals surface area contributed by atoms with Crippen molar-refractivity contribution in [2.75, 3.05) is 12.3 Å². The van der Waals surface area contributed by atoms with E-state index in [1.54, 1.807) is 6.07 Å². The van der Waals surface area contributed by atoms with Crippen LogP contribution in [0.1, 0.15) is 36.8 Å². The first-order valence-electron chi connectivity index (χ1n) is 6.56. The zero-order chi connectivity index (χ0) is 14.9. The van der Waals surface area contributed by atoms with Gasteiger partial charge in [-0.2, -0.15) is 13.2 Å². The molecule has 1 aliphatic heterocycles. The molecule has 1 aliphatic rings. The zero-order valence-corrected chi connectivity index (χ0v) is 11.2. The van der Waals surface area contributed by atoms with Gasteiger partial charge in [0.1, 0.15) is 0 Å². The quantitative estimate of drug-likeness (QED) is 0.849. The Morgan fingerprint density at radius 3 is 2.75 bits per heavy atom. The van der Waals surface area contributed by atoms with Crippen LogP contribution in [-0.2, 0) is 11.3 Å². The Balaban J connectivity index is 2.40. The van der Waals surface area contributed by atoms with Crippen LogP contribution in [0, 0.1) is 0 Å². The Kier molecular flexibility index (Phi) is 3.92. The summed E-state index contributed by atoms with van der Waals surface area (Å²) in [5.41, 5.74) is 6.70. The maximum atomic E-state index is 13.2. The summed E-state index contributed by atoms with van der Waals surface area (Å²) >= 11 is 0. The Hall–Kier alpha value is -1.72. The lowest BCUT2D eigenvalue weighted by Crippen LogP contribution is -2.43. The lowest BCUT2D eigenvalue weighted by atomic mass is 9.88. The number of nitrogens with two attached hydrogens (primary N) is 1. The molecule has 0 radical (unpaired) electrons. The van der Waals surface area contributed by atoms with Crippen molar-refractivity contribution in [1.82, 2.24) is 4.90 Å². The number of nitrogen functional groups attached to an aromatic ring is 1. The van der Waals surface area contributed by atoms with Crippen molar-refractivity contribution in [1.29, 1.82) is 0 Å². The third-order valence-electron chi connectivity index (χ3n) is 3.59. The SMILES string of the molecule is CCCC(=O)N1Cc2c(N)cccc2C(C(F)(F)F)C1. The molecule has 20 heavy (non-hydrogen) atoms. The van der Waals surface area contributed by atoms with Gasteiger partial charge in [-0.25, -0.2) is 0 Å². The molecule has 1 heterocycles. The van der Waals surface area contributed by atoms with Gasteiger partial charge >= 0.3 is 6.18 Å². The van der Waals surface area contributed by atoms with Crippen LogP contribution in [0.2, 0.25) is 0 Å². The van der Waals surface area contributed by atoms with E-state index in [1.807, 2.05) is 6.92 Å². The van der Waals surface area contributed by atoms with E-state index >= 15 is 0 Å². The molecule has 1 aromatic carbocycles. The summed E-state index contributed by atoms with van der Waals surface area (Å²) in [6, 6.07) is 4.54. The molecule has 3 nitrogen and oxygen atoms in total. The standard InChI is InChI=1S/C14H17F3N2O/c1-2-4-13(20)19-7-10-9(5-3-6-12(10)18)11(8-19)14(15,16)17/h3,5-6,11H,2,4,7-8,18H2,1H3. The summed E-state index contributed by atoms with van der Waals surface area (Å²) in [6.07, 6.45) is -3.51. The van der Waals surface area contributed by atoms with Crippen LogP contribution >= 0.6 is 0 Å². The topological polar surface area (TPSA) is 46.3 Å². The molecule has 2 N–H and O–H groups in total. The molecular formula is C14H17F3N2O. The highest BCUT2D eigenvalue weighted by Gasteiger charge is 2.45. The number of anilines is 1. The number of nitrogens with zero attached hydrogens (tertiary/aromatic N) is 1. The van der Waals surface area contributed by atoms with E-state index in [2.05, 4.69) is 0 Å². The summed E-state index contributed by atoms with van der Waals surface area (Å²) in [4.78, 5) is 13.2. The number of halogens is 3. The first kappa shape index (κ1) is 14.7. The van der Waals surface area contributed by atoms with Gasteiger partial charge in [0, 0.05) is 25.2 Å². The fraction of sp³-hybridized carbons (Fsp3) is 0.500. The highest BCUT2D eigenvalue weighted by Crippen LogP contribution is 2.41. The van der Waals surface area contributed by atoms with Gasteiger partial charge in [0.05, 0.1) is 5.92 Å². The van der Waals surface area contributed by atoms with Crippen molar-refractivity contribution in [2.24, 2.45) is 0 Å². The molecule has 2 rings (SSSR count). The predicted molar refractivity (Wildman–Crippen MR) is 70.0 cm³/mol. The lowest BCUT2D eigenvalue weighted by Gasteiger charge is -2.36. The summed E-state index contributed by atoms with van der Waals surface area (Å²) in [6.45, 7) is 1.66. The summed E-state index contributed by atoms with van der Waals surface area (Å²) in [7, 11) is 0. The van der Waals surface area contributed by atoms with E-state index in [4.69, 9.17) is 5.73 Å². The molecule has 1 aromatic rings. The van der Waals surface area contributed by atoms with Gasteiger partial charge < -0.3 is 10.6 Å². The van der Waals surface area contributed by atoms with Crippen molar-refractivity contribution in [2.45, 2.75) is 38.4 Å². The molecule has 110 valence electrons. The van der Waals surface area contributed by atoms with Gasteiger partial charge in [0.2, 0.25) is 5.91 Å². The molecule has 0 spiro atoms. The van der Waals surface area contributed by atoms with E-state index in [0.29, 0.717) is 17.7 Å². The van der Waals surface area contributed by atoms with Gasteiger partial charge in [0.25, 0.3) is 0 Å². The fourth-order valence-electron chi connectivity index (χ4n) is 2.55. The van der Waals surface area contributed by atoms with Gasteiger partial charge in [0.15, 0.2) is 0 Å². The molecule has 0 saturated heterocycles. The molecule has 1 atom stereocenters. The van der Waals surface area contributed by atoms with E-state index in [0.717, 1.165) is 0 Å². The van der Waals surface area contributed by atoms with Crippen LogP contribution in [0.5, 0.6) is 0 Å². The minimum atomic E-state index is -4.38. The molecule has 0 fully saturated rings. The highest BCUT2D eigenvalue weighted by molar-refractivity contribution is 5.77. The van der Waals surface area contributed by atoms with Crippen molar-refractivity contribution in [3.05, 3.63) is 29.3 Å². The second kappa shape index (κ2) is 5.34. The number of amides is 1. The fourth-order valence-corrected chi connectivity index (χ4v) is 2.55. The molecule has 0 aliphatic carbocycles. The second-order valence-corrected chi connectivity index (χ2v) is 5.03. The van der Waals surface area contributed by atoms with Crippen molar-refractivity contribution in [3.63, 3.8) is 0 Å². The van der Waals surface area contributed by atoms with Crippen LogP contribution in [0.25, 0.3) is 0 Å². The van der Waals surface area contributed by atoms with E-state index < -0.39 is 12.1 Å². The number of carbonyl (C=O) groups excluding carboxylic acids is 1. The minimum absolute atomic E-state index is 0.160. The minimum Gasteiger partial charge on any atom is -0.398 e. The number of rotatable bonds is 2. The maximum absolute atomic E-state index is 13.2. The van der Waals surface area contributed by atoms with Gasteiger partial charge in [-0.15, -0.1) is 0 Å². The van der Waals surface area contributed by atoms with E-state index in [9.17, 15) is 18.0 Å². The summed E-state index contributed by atoms with van der Waals surface area (Å²) < 4.78 is 39.6. The highest BCUT2D eigenvalue weighted by atomic mass is 19.4. The first-order valence-corrected chi connectivity index (χ1v) is 6.56. The van der Waals surface area contributed by atoms with Gasteiger partial charge in [-0.05, 0) is 23.6 Å². The number of alkyl halides is 3. The van der Waals surface area contributed by atoms with Gasteiger partial charge in [-0.1, -0.05) is 19.1 Å².